The Hall–Kier alpha value is -1.97. The highest BCUT2D eigenvalue weighted by Crippen LogP contribution is 2.17. The molecule has 0 bridgehead atoms. The van der Waals surface area contributed by atoms with Gasteiger partial charge in [0.15, 0.2) is 0 Å². The van der Waals surface area contributed by atoms with Crippen LogP contribution in [0.4, 0.5) is 11.4 Å². The number of aryl methyl sites for hydroxylation is 1. The number of rotatable bonds is 4. The van der Waals surface area contributed by atoms with Gasteiger partial charge in [-0.2, -0.15) is 0 Å². The van der Waals surface area contributed by atoms with Crippen LogP contribution in [0.15, 0.2) is 30.5 Å². The lowest BCUT2D eigenvalue weighted by molar-refractivity contribution is -0.112. The smallest absolute Gasteiger partial charge is 0.251 e. The molecular formula is C12H16N2O2. The molecule has 0 fully saturated rings. The third-order valence-corrected chi connectivity index (χ3v) is 1.99. The molecule has 1 aromatic rings. The van der Waals surface area contributed by atoms with E-state index in [0.29, 0.717) is 12.3 Å². The minimum absolute atomic E-state index is 0.221. The SMILES string of the molecule is CCOC=CC(=O)Nc1ccc(N)cc1C. The molecule has 3 N–H and O–H groups in total. The summed E-state index contributed by atoms with van der Waals surface area (Å²) in [5.41, 5.74) is 7.97. The Balaban J connectivity index is 2.63. The molecule has 86 valence electrons. The molecule has 4 nitrogen and oxygen atoms in total. The van der Waals surface area contributed by atoms with Crippen molar-refractivity contribution in [1.82, 2.24) is 0 Å². The minimum atomic E-state index is -0.221. The predicted molar refractivity (Wildman–Crippen MR) is 65.0 cm³/mol. The fourth-order valence-corrected chi connectivity index (χ4v) is 1.21. The van der Waals surface area contributed by atoms with E-state index in [1.54, 1.807) is 12.1 Å². The Morgan fingerprint density at radius 2 is 2.31 bits per heavy atom. The third-order valence-electron chi connectivity index (χ3n) is 1.99. The van der Waals surface area contributed by atoms with E-state index in [1.165, 1.54) is 12.3 Å². The van der Waals surface area contributed by atoms with Gasteiger partial charge in [0.1, 0.15) is 0 Å². The van der Waals surface area contributed by atoms with Crippen LogP contribution >= 0.6 is 0 Å². The Kier molecular flexibility index (Phi) is 4.39. The molecule has 0 spiro atoms. The van der Waals surface area contributed by atoms with Crippen molar-refractivity contribution < 1.29 is 9.53 Å². The molecule has 16 heavy (non-hydrogen) atoms. The number of anilines is 2. The summed E-state index contributed by atoms with van der Waals surface area (Å²) in [6, 6.07) is 5.33. The first kappa shape index (κ1) is 12.1. The lowest BCUT2D eigenvalue weighted by Crippen LogP contribution is -2.09. The summed E-state index contributed by atoms with van der Waals surface area (Å²) in [6.45, 7) is 4.29. The van der Waals surface area contributed by atoms with Crippen molar-refractivity contribution in [3.05, 3.63) is 36.1 Å². The van der Waals surface area contributed by atoms with Gasteiger partial charge in [-0.05, 0) is 37.6 Å². The second kappa shape index (κ2) is 5.80. The molecule has 1 rings (SSSR count). The van der Waals surface area contributed by atoms with Crippen LogP contribution < -0.4 is 11.1 Å². The number of carbonyl (C=O) groups is 1. The summed E-state index contributed by atoms with van der Waals surface area (Å²) in [4.78, 5) is 11.4. The second-order valence-electron chi connectivity index (χ2n) is 3.32. The van der Waals surface area contributed by atoms with Crippen LogP contribution in [-0.4, -0.2) is 12.5 Å². The van der Waals surface area contributed by atoms with Crippen LogP contribution in [0.1, 0.15) is 12.5 Å². The number of carbonyl (C=O) groups excluding carboxylic acids is 1. The molecule has 0 saturated carbocycles. The van der Waals surface area contributed by atoms with Gasteiger partial charge in [-0.1, -0.05) is 0 Å². The average Bonchev–Trinajstić information content (AvgIpc) is 2.23. The van der Waals surface area contributed by atoms with Crippen LogP contribution in [-0.2, 0) is 9.53 Å². The van der Waals surface area contributed by atoms with Gasteiger partial charge in [-0.25, -0.2) is 0 Å². The number of benzene rings is 1. The van der Waals surface area contributed by atoms with E-state index in [0.717, 1.165) is 11.3 Å². The van der Waals surface area contributed by atoms with Gasteiger partial charge in [-0.15, -0.1) is 0 Å². The van der Waals surface area contributed by atoms with E-state index in [1.807, 2.05) is 19.9 Å². The number of hydrogen-bond acceptors (Lipinski definition) is 3. The van der Waals surface area contributed by atoms with E-state index in [2.05, 4.69) is 5.32 Å². The minimum Gasteiger partial charge on any atom is -0.501 e. The normalized spacial score (nSPS) is 10.4. The molecule has 0 saturated heterocycles. The molecule has 0 aromatic heterocycles. The fourth-order valence-electron chi connectivity index (χ4n) is 1.21. The number of amides is 1. The Morgan fingerprint density at radius 3 is 2.94 bits per heavy atom. The standard InChI is InChI=1S/C12H16N2O2/c1-3-16-7-6-12(15)14-11-5-4-10(13)8-9(11)2/h4-8H,3,13H2,1-2H3,(H,14,15). The zero-order valence-electron chi connectivity index (χ0n) is 9.49. The van der Waals surface area contributed by atoms with E-state index in [-0.39, 0.29) is 5.91 Å². The molecule has 4 heteroatoms. The van der Waals surface area contributed by atoms with Gasteiger partial charge in [0.05, 0.1) is 12.9 Å². The lowest BCUT2D eigenvalue weighted by atomic mass is 10.2. The molecular weight excluding hydrogens is 204 g/mol. The summed E-state index contributed by atoms with van der Waals surface area (Å²) in [5, 5.41) is 2.74. The first-order valence-corrected chi connectivity index (χ1v) is 5.08. The van der Waals surface area contributed by atoms with E-state index in [9.17, 15) is 4.79 Å². The van der Waals surface area contributed by atoms with Gasteiger partial charge >= 0.3 is 0 Å². The monoisotopic (exact) mass is 220 g/mol. The summed E-state index contributed by atoms with van der Waals surface area (Å²) in [7, 11) is 0. The molecule has 1 amide bonds. The maximum absolute atomic E-state index is 11.4. The number of nitrogens with one attached hydrogen (secondary N) is 1. The van der Waals surface area contributed by atoms with Crippen molar-refractivity contribution in [2.24, 2.45) is 0 Å². The summed E-state index contributed by atoms with van der Waals surface area (Å²) >= 11 is 0. The number of nitrogen functional groups attached to an aromatic ring is 1. The Morgan fingerprint density at radius 1 is 1.56 bits per heavy atom. The number of ether oxygens (including phenoxy) is 1. The maximum Gasteiger partial charge on any atom is 0.251 e. The van der Waals surface area contributed by atoms with Crippen molar-refractivity contribution in [2.75, 3.05) is 17.7 Å². The topological polar surface area (TPSA) is 64.3 Å². The van der Waals surface area contributed by atoms with Gasteiger partial charge in [-0.3, -0.25) is 4.79 Å². The molecule has 0 atom stereocenters. The highest BCUT2D eigenvalue weighted by molar-refractivity contribution is 5.99. The number of hydrogen-bond donors (Lipinski definition) is 2. The van der Waals surface area contributed by atoms with Gasteiger partial charge in [0.2, 0.25) is 0 Å². The lowest BCUT2D eigenvalue weighted by Gasteiger charge is -2.06. The summed E-state index contributed by atoms with van der Waals surface area (Å²) < 4.78 is 4.93. The summed E-state index contributed by atoms with van der Waals surface area (Å²) in [5.74, 6) is -0.221. The maximum atomic E-state index is 11.4. The van der Waals surface area contributed by atoms with Crippen LogP contribution in [0.3, 0.4) is 0 Å². The zero-order valence-corrected chi connectivity index (χ0v) is 9.49. The molecule has 0 heterocycles. The predicted octanol–water partition coefficient (Wildman–Crippen LogP) is 2.07. The zero-order chi connectivity index (χ0) is 12.0. The molecule has 0 aliphatic rings. The van der Waals surface area contributed by atoms with E-state index >= 15 is 0 Å². The Bertz CT molecular complexity index is 400. The Labute approximate surface area is 95.1 Å². The van der Waals surface area contributed by atoms with E-state index < -0.39 is 0 Å². The first-order chi connectivity index (χ1) is 7.63. The van der Waals surface area contributed by atoms with Crippen molar-refractivity contribution >= 4 is 17.3 Å². The largest absolute Gasteiger partial charge is 0.501 e. The van der Waals surface area contributed by atoms with Crippen molar-refractivity contribution in [1.29, 1.82) is 0 Å². The van der Waals surface area contributed by atoms with Crippen LogP contribution in [0.5, 0.6) is 0 Å². The van der Waals surface area contributed by atoms with Crippen molar-refractivity contribution in [2.45, 2.75) is 13.8 Å². The van der Waals surface area contributed by atoms with E-state index in [4.69, 9.17) is 10.5 Å². The van der Waals surface area contributed by atoms with Crippen molar-refractivity contribution in [3.8, 4) is 0 Å². The van der Waals surface area contributed by atoms with Gasteiger partial charge in [0, 0.05) is 17.5 Å². The number of nitrogens with two attached hydrogens (primary N) is 1. The molecule has 1 aromatic carbocycles. The fraction of sp³-hybridized carbons (Fsp3) is 0.250. The van der Waals surface area contributed by atoms with Crippen LogP contribution in [0, 0.1) is 6.92 Å². The molecule has 0 aliphatic carbocycles. The highest BCUT2D eigenvalue weighted by atomic mass is 16.5. The molecule has 0 aliphatic heterocycles. The first-order valence-electron chi connectivity index (χ1n) is 5.08. The quantitative estimate of drug-likeness (QED) is 0.464. The average molecular weight is 220 g/mol. The van der Waals surface area contributed by atoms with Crippen LogP contribution in [0.25, 0.3) is 0 Å². The second-order valence-corrected chi connectivity index (χ2v) is 3.32. The third kappa shape index (κ3) is 3.65. The van der Waals surface area contributed by atoms with Gasteiger partial charge in [0.25, 0.3) is 5.91 Å². The molecule has 0 radical (unpaired) electrons. The highest BCUT2D eigenvalue weighted by Gasteiger charge is 2.01. The summed E-state index contributed by atoms with van der Waals surface area (Å²) in [6.07, 6.45) is 2.72. The van der Waals surface area contributed by atoms with Crippen LogP contribution in [0.2, 0.25) is 0 Å². The molecule has 0 unspecified atom stereocenters. The van der Waals surface area contributed by atoms with Gasteiger partial charge < -0.3 is 15.8 Å². The van der Waals surface area contributed by atoms with Crippen molar-refractivity contribution in [3.63, 3.8) is 0 Å².